The van der Waals surface area contributed by atoms with E-state index in [1.54, 1.807) is 6.07 Å². The third kappa shape index (κ3) is 8.23. The maximum Gasteiger partial charge on any atom is 0.326 e. The molecular weight excluding hydrogens is 854 g/mol. The fourth-order valence-electron chi connectivity index (χ4n) is 7.22. The third-order valence-corrected chi connectivity index (χ3v) is 12.0. The van der Waals surface area contributed by atoms with Gasteiger partial charge >= 0.3 is 11.9 Å². The Balaban J connectivity index is 1.21. The van der Waals surface area contributed by atoms with E-state index in [4.69, 9.17) is 18.9 Å². The highest BCUT2D eigenvalue weighted by atomic mass is 79.9. The lowest BCUT2D eigenvalue weighted by Gasteiger charge is -2.24. The summed E-state index contributed by atoms with van der Waals surface area (Å²) in [5, 5.41) is 41.3. The van der Waals surface area contributed by atoms with Crippen LogP contribution < -0.4 is 24.3 Å². The predicted octanol–water partition coefficient (Wildman–Crippen LogP) is 6.76. The van der Waals surface area contributed by atoms with Crippen LogP contribution in [-0.4, -0.2) is 75.3 Å². The molecule has 6 rings (SSSR count). The van der Waals surface area contributed by atoms with Gasteiger partial charge in [0, 0.05) is 17.7 Å². The number of fused-ring (bicyclic) bond motifs is 2. The molecule has 298 valence electrons. The standard InChI is InChI=1S/C41H45Br2N3O10/c1-40(20-47,38(49)50)16-15-22-17-30(42)36(45-34(22)53-3)55-32-13-11-26-24(7-5-9-28(26)32)25-8-6-10-29-27(25)12-14-33(29)56-37-31(43)18-23(35(46-37)54-4)19-44-41(2,21-48)39(51)52/h5-10,17-18,32-33,44,47-48H,11-16,19-21H2,1-4H3,(H,49,50)(H,51,52)/t32-,33-,40-,41-/m0/s1. The molecule has 2 aliphatic rings. The molecule has 0 amide bonds. The molecule has 0 unspecified atom stereocenters. The van der Waals surface area contributed by atoms with Crippen molar-refractivity contribution in [3.05, 3.63) is 90.9 Å². The molecule has 0 aliphatic heterocycles. The lowest BCUT2D eigenvalue weighted by atomic mass is 9.85. The average molecular weight is 900 g/mol. The topological polar surface area (TPSA) is 190 Å². The Kier molecular flexibility index (Phi) is 12.6. The Bertz CT molecular complexity index is 1980. The van der Waals surface area contributed by atoms with Crippen LogP contribution in [0.5, 0.6) is 23.5 Å². The van der Waals surface area contributed by atoms with Crippen LogP contribution in [0.2, 0.25) is 0 Å². The number of methoxy groups -OCH3 is 2. The first-order valence-corrected chi connectivity index (χ1v) is 19.8. The van der Waals surface area contributed by atoms with Crippen LogP contribution in [0.3, 0.4) is 0 Å². The molecule has 0 bridgehead atoms. The molecule has 4 atom stereocenters. The molecule has 0 radical (unpaired) electrons. The summed E-state index contributed by atoms with van der Waals surface area (Å²) in [5.41, 5.74) is 5.36. The van der Waals surface area contributed by atoms with Gasteiger partial charge in [0.2, 0.25) is 23.5 Å². The second-order valence-electron chi connectivity index (χ2n) is 14.6. The Morgan fingerprint density at radius 1 is 0.768 bits per heavy atom. The van der Waals surface area contributed by atoms with E-state index in [1.165, 1.54) is 39.2 Å². The summed E-state index contributed by atoms with van der Waals surface area (Å²) < 4.78 is 25.4. The van der Waals surface area contributed by atoms with E-state index in [-0.39, 0.29) is 31.1 Å². The number of halogens is 2. The van der Waals surface area contributed by atoms with E-state index in [9.17, 15) is 30.0 Å². The van der Waals surface area contributed by atoms with Crippen molar-refractivity contribution in [2.45, 2.75) is 76.7 Å². The number of rotatable bonds is 17. The van der Waals surface area contributed by atoms with Crippen LogP contribution in [0.4, 0.5) is 0 Å². The maximum atomic E-state index is 11.7. The van der Waals surface area contributed by atoms with Gasteiger partial charge < -0.3 is 39.4 Å². The minimum atomic E-state index is -1.53. The minimum Gasteiger partial charge on any atom is -0.481 e. The Morgan fingerprint density at radius 2 is 1.27 bits per heavy atom. The number of hydrogen-bond donors (Lipinski definition) is 5. The maximum absolute atomic E-state index is 11.7. The zero-order valence-electron chi connectivity index (χ0n) is 31.5. The molecule has 0 saturated carbocycles. The molecule has 4 aromatic rings. The predicted molar refractivity (Wildman–Crippen MR) is 213 cm³/mol. The number of nitrogens with zero attached hydrogens (tertiary/aromatic N) is 2. The van der Waals surface area contributed by atoms with Crippen molar-refractivity contribution in [2.24, 2.45) is 5.41 Å². The first-order chi connectivity index (χ1) is 26.7. The number of benzene rings is 2. The van der Waals surface area contributed by atoms with Gasteiger partial charge in [0.1, 0.15) is 17.7 Å². The van der Waals surface area contributed by atoms with Crippen LogP contribution >= 0.6 is 31.9 Å². The number of aliphatic carboxylic acids is 2. The van der Waals surface area contributed by atoms with Gasteiger partial charge in [-0.25, -0.2) is 0 Å². The van der Waals surface area contributed by atoms with Gasteiger partial charge in [-0.3, -0.25) is 14.9 Å². The molecule has 2 aromatic carbocycles. The number of aromatic nitrogens is 2. The number of aryl methyl sites for hydroxylation is 1. The van der Waals surface area contributed by atoms with Gasteiger partial charge in [-0.15, -0.1) is 0 Å². The molecule has 15 heteroatoms. The second-order valence-corrected chi connectivity index (χ2v) is 16.3. The monoisotopic (exact) mass is 897 g/mol. The van der Waals surface area contributed by atoms with Gasteiger partial charge in [-0.1, -0.05) is 36.4 Å². The van der Waals surface area contributed by atoms with Crippen LogP contribution in [0.1, 0.15) is 78.7 Å². The number of aliphatic hydroxyl groups is 2. The van der Waals surface area contributed by atoms with Crippen molar-refractivity contribution < 1.29 is 49.0 Å². The number of pyridine rings is 2. The summed E-state index contributed by atoms with van der Waals surface area (Å²) in [6.45, 7) is 1.95. The van der Waals surface area contributed by atoms with E-state index in [0.717, 1.165) is 47.9 Å². The summed E-state index contributed by atoms with van der Waals surface area (Å²) in [4.78, 5) is 32.7. The molecule has 2 aromatic heterocycles. The molecule has 2 heterocycles. The van der Waals surface area contributed by atoms with Gasteiger partial charge in [0.05, 0.1) is 41.8 Å². The van der Waals surface area contributed by atoms with Gasteiger partial charge in [-0.2, -0.15) is 9.97 Å². The number of carbonyl (C=O) groups is 2. The third-order valence-electron chi connectivity index (χ3n) is 10.9. The number of hydrogen-bond acceptors (Lipinski definition) is 11. The molecule has 13 nitrogen and oxygen atoms in total. The number of nitrogens with one attached hydrogen (secondary N) is 1. The number of carboxylic acids is 2. The summed E-state index contributed by atoms with van der Waals surface area (Å²) in [7, 11) is 3.00. The largest absolute Gasteiger partial charge is 0.481 e. The lowest BCUT2D eigenvalue weighted by molar-refractivity contribution is -0.150. The minimum absolute atomic E-state index is 0.0947. The molecule has 56 heavy (non-hydrogen) atoms. The SMILES string of the molecule is COc1nc(O[C@H]2CCc3c(-c4cccc5c4CC[C@@H]5Oc4nc(OC)c(CN[C@@](C)(CO)C(=O)O)cc4Br)cccc32)c(Br)cc1CC[C@@](C)(CO)C(=O)O. The first kappa shape index (κ1) is 41.4. The summed E-state index contributed by atoms with van der Waals surface area (Å²) in [6, 6.07) is 16.2. The number of aliphatic hydroxyl groups excluding tert-OH is 2. The second kappa shape index (κ2) is 17.1. The molecular formula is C41H45Br2N3O10. The summed E-state index contributed by atoms with van der Waals surface area (Å²) >= 11 is 7.20. The molecule has 0 spiro atoms. The smallest absolute Gasteiger partial charge is 0.326 e. The van der Waals surface area contributed by atoms with Crippen molar-refractivity contribution >= 4 is 43.8 Å². The van der Waals surface area contributed by atoms with E-state index in [1.807, 2.05) is 18.2 Å². The highest BCUT2D eigenvalue weighted by Gasteiger charge is 2.35. The van der Waals surface area contributed by atoms with Crippen molar-refractivity contribution in [3.63, 3.8) is 0 Å². The molecule has 2 aliphatic carbocycles. The molecule has 5 N–H and O–H groups in total. The highest BCUT2D eigenvalue weighted by molar-refractivity contribution is 9.10. The van der Waals surface area contributed by atoms with E-state index in [0.29, 0.717) is 44.1 Å². The normalized spacial score (nSPS) is 18.0. The zero-order valence-corrected chi connectivity index (χ0v) is 34.7. The van der Waals surface area contributed by atoms with E-state index in [2.05, 4.69) is 71.4 Å². The Morgan fingerprint density at radius 3 is 1.71 bits per heavy atom. The first-order valence-electron chi connectivity index (χ1n) is 18.2. The number of ether oxygens (including phenoxy) is 4. The van der Waals surface area contributed by atoms with Crippen molar-refractivity contribution in [2.75, 3.05) is 27.4 Å². The van der Waals surface area contributed by atoms with Crippen LogP contribution in [0.25, 0.3) is 11.1 Å². The fraction of sp³-hybridized carbons (Fsp3) is 0.415. The Labute approximate surface area is 341 Å². The van der Waals surface area contributed by atoms with Crippen LogP contribution in [0, 0.1) is 5.41 Å². The summed E-state index contributed by atoms with van der Waals surface area (Å²) in [6.07, 6.45) is 3.14. The highest BCUT2D eigenvalue weighted by Crippen LogP contribution is 2.46. The van der Waals surface area contributed by atoms with Gasteiger partial charge in [-0.05, 0) is 130 Å². The van der Waals surface area contributed by atoms with E-state index < -0.39 is 36.1 Å². The lowest BCUT2D eigenvalue weighted by Crippen LogP contribution is -2.52. The van der Waals surface area contributed by atoms with Gasteiger partial charge in [0.25, 0.3) is 0 Å². The quantitative estimate of drug-likeness (QED) is 0.0749. The molecule has 0 fully saturated rings. The van der Waals surface area contributed by atoms with Crippen molar-refractivity contribution in [3.8, 4) is 34.6 Å². The van der Waals surface area contributed by atoms with Gasteiger partial charge in [0.15, 0.2) is 0 Å². The van der Waals surface area contributed by atoms with E-state index >= 15 is 0 Å². The molecule has 0 saturated heterocycles. The van der Waals surface area contributed by atoms with Crippen LogP contribution in [0.15, 0.2) is 57.5 Å². The summed E-state index contributed by atoms with van der Waals surface area (Å²) in [5.74, 6) is -0.885. The number of carboxylic acid groups (broad SMARTS) is 2. The zero-order chi connectivity index (χ0) is 40.4. The average Bonchev–Trinajstić information content (AvgIpc) is 3.81. The Hall–Kier alpha value is -4.28. The van der Waals surface area contributed by atoms with Crippen LogP contribution in [-0.2, 0) is 35.4 Å². The van der Waals surface area contributed by atoms with Crippen molar-refractivity contribution in [1.82, 2.24) is 15.3 Å². The fourth-order valence-corrected chi connectivity index (χ4v) is 8.13. The van der Waals surface area contributed by atoms with Crippen molar-refractivity contribution in [1.29, 1.82) is 0 Å².